The monoisotopic (exact) mass is 226 g/mol. The van der Waals surface area contributed by atoms with E-state index in [1.807, 2.05) is 6.92 Å². The summed E-state index contributed by atoms with van der Waals surface area (Å²) in [7, 11) is 3.37. The summed E-state index contributed by atoms with van der Waals surface area (Å²) in [5.41, 5.74) is 6.73. The molecule has 1 atom stereocenters. The predicted molar refractivity (Wildman–Crippen MR) is 60.9 cm³/mol. The molecule has 0 aliphatic rings. The molecule has 1 aromatic rings. The Labute approximate surface area is 94.8 Å². The Morgan fingerprint density at radius 1 is 1.62 bits per heavy atom. The van der Waals surface area contributed by atoms with Crippen molar-refractivity contribution in [2.75, 3.05) is 13.7 Å². The summed E-state index contributed by atoms with van der Waals surface area (Å²) >= 11 is 0. The Morgan fingerprint density at radius 3 is 2.75 bits per heavy atom. The highest BCUT2D eigenvalue weighted by atomic mass is 16.5. The van der Waals surface area contributed by atoms with Crippen LogP contribution in [0.5, 0.6) is 5.88 Å². The van der Waals surface area contributed by atoms with Crippen molar-refractivity contribution in [1.29, 1.82) is 5.41 Å². The van der Waals surface area contributed by atoms with Crippen LogP contribution in [0.3, 0.4) is 0 Å². The molecule has 90 valence electrons. The van der Waals surface area contributed by atoms with E-state index in [0.29, 0.717) is 23.7 Å². The van der Waals surface area contributed by atoms with Crippen molar-refractivity contribution in [3.05, 3.63) is 11.3 Å². The number of amidine groups is 1. The van der Waals surface area contributed by atoms with Crippen LogP contribution in [0.1, 0.15) is 18.2 Å². The molecule has 6 heteroatoms. The SMILES string of the molecule is COCC(C)Oc1c(C(=N)N)c(C)nn1C. The third kappa shape index (κ3) is 2.52. The van der Waals surface area contributed by atoms with Gasteiger partial charge in [0.1, 0.15) is 17.5 Å². The van der Waals surface area contributed by atoms with Crippen molar-refractivity contribution < 1.29 is 9.47 Å². The van der Waals surface area contributed by atoms with Crippen molar-refractivity contribution >= 4 is 5.84 Å². The number of aromatic nitrogens is 2. The Morgan fingerprint density at radius 2 is 2.25 bits per heavy atom. The molecule has 0 aromatic carbocycles. The lowest BCUT2D eigenvalue weighted by Gasteiger charge is -2.14. The molecule has 1 aromatic heterocycles. The van der Waals surface area contributed by atoms with E-state index in [4.69, 9.17) is 20.6 Å². The van der Waals surface area contributed by atoms with Gasteiger partial charge in [-0.15, -0.1) is 0 Å². The predicted octanol–water partition coefficient (Wildman–Crippen LogP) is 0.426. The Hall–Kier alpha value is -1.56. The molecule has 6 nitrogen and oxygen atoms in total. The maximum atomic E-state index is 7.49. The standard InChI is InChI=1S/C10H18N4O2/c1-6(5-15-4)16-10-8(9(11)12)7(2)13-14(10)3/h6H,5H2,1-4H3,(H3,11,12). The quantitative estimate of drug-likeness (QED) is 0.563. The number of nitrogens with zero attached hydrogens (tertiary/aromatic N) is 2. The molecule has 1 unspecified atom stereocenters. The second-order valence-corrected chi connectivity index (χ2v) is 3.69. The molecule has 16 heavy (non-hydrogen) atoms. The highest BCUT2D eigenvalue weighted by Gasteiger charge is 2.19. The maximum Gasteiger partial charge on any atom is 0.223 e. The van der Waals surface area contributed by atoms with Crippen molar-refractivity contribution in [3.63, 3.8) is 0 Å². The van der Waals surface area contributed by atoms with Crippen molar-refractivity contribution in [3.8, 4) is 5.88 Å². The van der Waals surface area contributed by atoms with Crippen molar-refractivity contribution in [2.45, 2.75) is 20.0 Å². The summed E-state index contributed by atoms with van der Waals surface area (Å²) in [4.78, 5) is 0. The third-order valence-corrected chi connectivity index (χ3v) is 2.15. The lowest BCUT2D eigenvalue weighted by molar-refractivity contribution is 0.0858. The highest BCUT2D eigenvalue weighted by molar-refractivity contribution is 5.98. The molecule has 0 spiro atoms. The molecule has 0 saturated heterocycles. The molecule has 3 N–H and O–H groups in total. The number of methoxy groups -OCH3 is 1. The van der Waals surface area contributed by atoms with Crippen LogP contribution in [0.4, 0.5) is 0 Å². The number of hydrogen-bond acceptors (Lipinski definition) is 4. The normalized spacial score (nSPS) is 12.5. The number of nitrogens with two attached hydrogens (primary N) is 1. The zero-order valence-electron chi connectivity index (χ0n) is 10.1. The van der Waals surface area contributed by atoms with Crippen molar-refractivity contribution in [1.82, 2.24) is 9.78 Å². The first-order chi connectivity index (χ1) is 7.47. The first kappa shape index (κ1) is 12.5. The number of aryl methyl sites for hydroxylation is 2. The molecular weight excluding hydrogens is 208 g/mol. The minimum Gasteiger partial charge on any atom is -0.472 e. The fourth-order valence-electron chi connectivity index (χ4n) is 1.54. The molecular formula is C10H18N4O2. The van der Waals surface area contributed by atoms with Gasteiger partial charge < -0.3 is 15.2 Å². The van der Waals surface area contributed by atoms with Gasteiger partial charge in [0.25, 0.3) is 0 Å². The van der Waals surface area contributed by atoms with E-state index < -0.39 is 0 Å². The summed E-state index contributed by atoms with van der Waals surface area (Å²) in [6.07, 6.45) is -0.113. The van der Waals surface area contributed by atoms with Crippen LogP contribution < -0.4 is 10.5 Å². The van der Waals surface area contributed by atoms with E-state index in [1.165, 1.54) is 0 Å². The lowest BCUT2D eigenvalue weighted by atomic mass is 10.2. The van der Waals surface area contributed by atoms with Gasteiger partial charge in [-0.1, -0.05) is 0 Å². The molecule has 0 saturated carbocycles. The molecule has 0 fully saturated rings. The minimum atomic E-state index is -0.113. The summed E-state index contributed by atoms with van der Waals surface area (Å²) in [5.74, 6) is 0.472. The topological polar surface area (TPSA) is 86.2 Å². The van der Waals surface area contributed by atoms with Crippen LogP contribution in [0.15, 0.2) is 0 Å². The van der Waals surface area contributed by atoms with Gasteiger partial charge in [-0.2, -0.15) is 5.10 Å². The number of nitrogens with one attached hydrogen (secondary N) is 1. The highest BCUT2D eigenvalue weighted by Crippen LogP contribution is 2.21. The molecule has 0 aliphatic carbocycles. The van der Waals surface area contributed by atoms with Crippen LogP contribution in [-0.2, 0) is 11.8 Å². The maximum absolute atomic E-state index is 7.49. The molecule has 0 amide bonds. The van der Waals surface area contributed by atoms with Gasteiger partial charge in [-0.25, -0.2) is 4.68 Å². The lowest BCUT2D eigenvalue weighted by Crippen LogP contribution is -2.22. The Balaban J connectivity index is 2.98. The number of hydrogen-bond donors (Lipinski definition) is 2. The molecule has 1 rings (SSSR count). The zero-order valence-corrected chi connectivity index (χ0v) is 10.1. The van der Waals surface area contributed by atoms with Crippen LogP contribution in [0, 0.1) is 12.3 Å². The molecule has 1 heterocycles. The smallest absolute Gasteiger partial charge is 0.223 e. The van der Waals surface area contributed by atoms with Gasteiger partial charge in [0, 0.05) is 14.2 Å². The van der Waals surface area contributed by atoms with E-state index in [0.717, 1.165) is 0 Å². The van der Waals surface area contributed by atoms with Crippen molar-refractivity contribution in [2.24, 2.45) is 12.8 Å². The van der Waals surface area contributed by atoms with Gasteiger partial charge in [-0.3, -0.25) is 5.41 Å². The summed E-state index contributed by atoms with van der Waals surface area (Å²) in [6, 6.07) is 0. The van der Waals surface area contributed by atoms with E-state index in [9.17, 15) is 0 Å². The van der Waals surface area contributed by atoms with E-state index in [1.54, 1.807) is 25.8 Å². The van der Waals surface area contributed by atoms with Crippen LogP contribution in [0.2, 0.25) is 0 Å². The fourth-order valence-corrected chi connectivity index (χ4v) is 1.54. The van der Waals surface area contributed by atoms with E-state index in [2.05, 4.69) is 5.10 Å². The van der Waals surface area contributed by atoms with Crippen LogP contribution in [-0.4, -0.2) is 35.4 Å². The Kier molecular flexibility index (Phi) is 3.89. The molecule has 0 aliphatic heterocycles. The van der Waals surface area contributed by atoms with Gasteiger partial charge in [-0.05, 0) is 13.8 Å². The van der Waals surface area contributed by atoms with Crippen LogP contribution in [0.25, 0.3) is 0 Å². The third-order valence-electron chi connectivity index (χ3n) is 2.15. The average Bonchev–Trinajstić information content (AvgIpc) is 2.41. The Bertz CT molecular complexity index is 386. The first-order valence-corrected chi connectivity index (χ1v) is 5.01. The summed E-state index contributed by atoms with van der Waals surface area (Å²) in [6.45, 7) is 4.15. The van der Waals surface area contributed by atoms with Gasteiger partial charge in [0.05, 0.1) is 12.3 Å². The second kappa shape index (κ2) is 4.98. The molecule has 0 bridgehead atoms. The minimum absolute atomic E-state index is 0.0368. The zero-order chi connectivity index (χ0) is 12.3. The van der Waals surface area contributed by atoms with Crippen LogP contribution >= 0.6 is 0 Å². The second-order valence-electron chi connectivity index (χ2n) is 3.69. The summed E-state index contributed by atoms with van der Waals surface area (Å²) in [5, 5.41) is 11.7. The van der Waals surface area contributed by atoms with Gasteiger partial charge >= 0.3 is 0 Å². The number of rotatable bonds is 5. The van der Waals surface area contributed by atoms with E-state index in [-0.39, 0.29) is 11.9 Å². The van der Waals surface area contributed by atoms with Gasteiger partial charge in [0.2, 0.25) is 5.88 Å². The largest absolute Gasteiger partial charge is 0.472 e. The average molecular weight is 226 g/mol. The molecule has 0 radical (unpaired) electrons. The first-order valence-electron chi connectivity index (χ1n) is 5.01. The van der Waals surface area contributed by atoms with Gasteiger partial charge in [0.15, 0.2) is 0 Å². The number of nitrogen functional groups attached to an aromatic ring is 1. The van der Waals surface area contributed by atoms with E-state index >= 15 is 0 Å². The fraction of sp³-hybridized carbons (Fsp3) is 0.600. The summed E-state index contributed by atoms with van der Waals surface area (Å²) < 4.78 is 12.2. The number of ether oxygens (including phenoxy) is 2.